The minimum absolute atomic E-state index is 0.124. The average Bonchev–Trinajstić information content (AvgIpc) is 3.02. The van der Waals surface area contributed by atoms with E-state index in [-0.39, 0.29) is 17.2 Å². The van der Waals surface area contributed by atoms with Crippen LogP contribution in [-0.2, 0) is 10.2 Å². The monoisotopic (exact) mass is 479 g/mol. The summed E-state index contributed by atoms with van der Waals surface area (Å²) in [7, 11) is 0. The molecule has 2 aliphatic carbocycles. The quantitative estimate of drug-likeness (QED) is 0.428. The Morgan fingerprint density at radius 3 is 2.20 bits per heavy atom. The van der Waals surface area contributed by atoms with E-state index in [0.717, 1.165) is 17.8 Å². The van der Waals surface area contributed by atoms with Crippen LogP contribution in [0.1, 0.15) is 44.0 Å². The SMILES string of the molecule is CC1(C)C2CCC1(C(=O)Nc1cc(Cl)cc(Cl)c1)c1nc3cc(Cl)c(Cl)cc3nc12. The van der Waals surface area contributed by atoms with E-state index in [4.69, 9.17) is 56.4 Å². The average molecular weight is 481 g/mol. The fourth-order valence-corrected chi connectivity index (χ4v) is 6.09. The van der Waals surface area contributed by atoms with Crippen molar-refractivity contribution in [1.29, 1.82) is 0 Å². The van der Waals surface area contributed by atoms with Crippen LogP contribution in [0.4, 0.5) is 5.69 Å². The lowest BCUT2D eigenvalue weighted by Crippen LogP contribution is -2.46. The van der Waals surface area contributed by atoms with Crippen LogP contribution in [0.5, 0.6) is 0 Å². The molecule has 3 aromatic rings. The maximum Gasteiger partial charge on any atom is 0.237 e. The first-order valence-electron chi connectivity index (χ1n) is 9.58. The number of carbonyl (C=O) groups excluding carboxylic acids is 1. The normalized spacial score (nSPS) is 23.6. The number of nitrogens with zero attached hydrogens (tertiary/aromatic N) is 2. The van der Waals surface area contributed by atoms with E-state index in [9.17, 15) is 4.79 Å². The summed E-state index contributed by atoms with van der Waals surface area (Å²) in [6.45, 7) is 4.23. The zero-order valence-corrected chi connectivity index (χ0v) is 19.2. The highest BCUT2D eigenvalue weighted by atomic mass is 35.5. The Balaban J connectivity index is 1.67. The third-order valence-electron chi connectivity index (χ3n) is 6.75. The number of benzene rings is 2. The van der Waals surface area contributed by atoms with Gasteiger partial charge in [0, 0.05) is 21.7 Å². The van der Waals surface area contributed by atoms with Crippen molar-refractivity contribution in [2.75, 3.05) is 5.32 Å². The molecule has 2 aromatic carbocycles. The number of fused-ring (bicyclic) bond motifs is 6. The molecule has 1 heterocycles. The maximum absolute atomic E-state index is 13.7. The molecule has 0 aliphatic heterocycles. The standard InChI is InChI=1S/C22H17Cl4N3O/c1-21(2)13-3-4-22(21,20(30)27-12-6-10(23)5-11(24)7-12)19-18(13)28-16-8-14(25)15(26)9-17(16)29-19/h5-9,13H,3-4H2,1-2H3,(H,27,30). The minimum atomic E-state index is -0.810. The molecule has 0 spiro atoms. The van der Waals surface area contributed by atoms with Crippen LogP contribution in [0.2, 0.25) is 20.1 Å². The van der Waals surface area contributed by atoms with Crippen LogP contribution in [0.15, 0.2) is 30.3 Å². The highest BCUT2D eigenvalue weighted by molar-refractivity contribution is 6.42. The second kappa shape index (κ2) is 6.70. The molecule has 4 nitrogen and oxygen atoms in total. The van der Waals surface area contributed by atoms with E-state index in [0.29, 0.717) is 43.2 Å². The highest BCUT2D eigenvalue weighted by Crippen LogP contribution is 2.67. The van der Waals surface area contributed by atoms with Crippen LogP contribution in [-0.4, -0.2) is 15.9 Å². The van der Waals surface area contributed by atoms with Crippen molar-refractivity contribution in [1.82, 2.24) is 9.97 Å². The fraction of sp³-hybridized carbons (Fsp3) is 0.318. The minimum Gasteiger partial charge on any atom is -0.325 e. The van der Waals surface area contributed by atoms with Crippen molar-refractivity contribution in [2.45, 2.75) is 38.0 Å². The van der Waals surface area contributed by atoms with E-state index in [2.05, 4.69) is 19.2 Å². The van der Waals surface area contributed by atoms with Gasteiger partial charge in [-0.15, -0.1) is 0 Å². The lowest BCUT2D eigenvalue weighted by atomic mass is 9.67. The molecule has 30 heavy (non-hydrogen) atoms. The third kappa shape index (κ3) is 2.70. The van der Waals surface area contributed by atoms with E-state index >= 15 is 0 Å². The van der Waals surface area contributed by atoms with Gasteiger partial charge in [0.1, 0.15) is 0 Å². The number of anilines is 1. The Labute approximate surface area is 193 Å². The molecular weight excluding hydrogens is 464 g/mol. The summed E-state index contributed by atoms with van der Waals surface area (Å²) in [4.78, 5) is 23.5. The number of halogens is 4. The van der Waals surface area contributed by atoms with Crippen LogP contribution in [0.25, 0.3) is 11.0 Å². The van der Waals surface area contributed by atoms with Crippen LogP contribution < -0.4 is 5.32 Å². The van der Waals surface area contributed by atoms with Gasteiger partial charge in [-0.2, -0.15) is 0 Å². The molecule has 5 rings (SSSR count). The summed E-state index contributed by atoms with van der Waals surface area (Å²) >= 11 is 24.6. The van der Waals surface area contributed by atoms with Crippen molar-refractivity contribution in [3.63, 3.8) is 0 Å². The van der Waals surface area contributed by atoms with Gasteiger partial charge in [-0.3, -0.25) is 4.79 Å². The molecule has 1 fully saturated rings. The van der Waals surface area contributed by atoms with E-state index < -0.39 is 5.41 Å². The number of hydrogen-bond acceptors (Lipinski definition) is 3. The van der Waals surface area contributed by atoms with Crippen molar-refractivity contribution in [3.05, 3.63) is 61.8 Å². The van der Waals surface area contributed by atoms with Crippen molar-refractivity contribution < 1.29 is 4.79 Å². The second-order valence-corrected chi connectivity index (χ2v) is 10.2. The van der Waals surface area contributed by atoms with Crippen molar-refractivity contribution in [3.8, 4) is 0 Å². The van der Waals surface area contributed by atoms with Crippen LogP contribution in [0, 0.1) is 5.41 Å². The number of hydrogen-bond donors (Lipinski definition) is 1. The van der Waals surface area contributed by atoms with Gasteiger partial charge < -0.3 is 5.32 Å². The van der Waals surface area contributed by atoms with Gasteiger partial charge >= 0.3 is 0 Å². The lowest BCUT2D eigenvalue weighted by molar-refractivity contribution is -0.124. The molecular formula is C22H17Cl4N3O. The number of amides is 1. The first-order valence-corrected chi connectivity index (χ1v) is 11.1. The molecule has 1 aromatic heterocycles. The molecule has 0 saturated heterocycles. The summed E-state index contributed by atoms with van der Waals surface area (Å²) in [5.41, 5.74) is 2.30. The van der Waals surface area contributed by atoms with Gasteiger partial charge in [0.2, 0.25) is 5.91 Å². The van der Waals surface area contributed by atoms with Gasteiger partial charge in [-0.05, 0) is 48.6 Å². The van der Waals surface area contributed by atoms with Crippen LogP contribution in [0.3, 0.4) is 0 Å². The Morgan fingerprint density at radius 1 is 0.967 bits per heavy atom. The Morgan fingerprint density at radius 2 is 1.57 bits per heavy atom. The molecule has 2 bridgehead atoms. The summed E-state index contributed by atoms with van der Waals surface area (Å²) in [5.74, 6) is 0.00773. The Bertz CT molecular complexity index is 1220. The summed E-state index contributed by atoms with van der Waals surface area (Å²) in [6.07, 6.45) is 1.56. The lowest BCUT2D eigenvalue weighted by Gasteiger charge is -2.36. The maximum atomic E-state index is 13.7. The number of rotatable bonds is 2. The third-order valence-corrected chi connectivity index (χ3v) is 7.91. The van der Waals surface area contributed by atoms with E-state index in [1.54, 1.807) is 30.3 Å². The van der Waals surface area contributed by atoms with E-state index in [1.165, 1.54) is 0 Å². The molecule has 0 radical (unpaired) electrons. The molecule has 1 saturated carbocycles. The predicted molar refractivity (Wildman–Crippen MR) is 122 cm³/mol. The number of aromatic nitrogens is 2. The molecule has 2 atom stereocenters. The zero-order valence-electron chi connectivity index (χ0n) is 16.2. The summed E-state index contributed by atoms with van der Waals surface area (Å²) < 4.78 is 0. The largest absolute Gasteiger partial charge is 0.325 e. The topological polar surface area (TPSA) is 54.9 Å². The molecule has 2 aliphatic rings. The predicted octanol–water partition coefficient (Wildman–Crippen LogP) is 7.04. The number of nitrogens with one attached hydrogen (secondary N) is 1. The number of carbonyl (C=O) groups is 1. The zero-order chi connectivity index (χ0) is 21.4. The smallest absolute Gasteiger partial charge is 0.237 e. The van der Waals surface area contributed by atoms with Crippen molar-refractivity contribution in [2.24, 2.45) is 5.41 Å². The molecule has 1 N–H and O–H groups in total. The second-order valence-electron chi connectivity index (χ2n) is 8.54. The Kier molecular flexibility index (Phi) is 4.54. The molecule has 2 unspecified atom stereocenters. The first kappa shape index (κ1) is 20.3. The summed E-state index contributed by atoms with van der Waals surface area (Å²) in [5, 5.41) is 4.79. The fourth-order valence-electron chi connectivity index (χ4n) is 5.24. The molecule has 154 valence electrons. The van der Waals surface area contributed by atoms with Gasteiger partial charge in [-0.1, -0.05) is 60.3 Å². The van der Waals surface area contributed by atoms with Gasteiger partial charge in [0.25, 0.3) is 0 Å². The summed E-state index contributed by atoms with van der Waals surface area (Å²) in [6, 6.07) is 8.43. The van der Waals surface area contributed by atoms with E-state index in [1.807, 2.05) is 0 Å². The van der Waals surface area contributed by atoms with Crippen molar-refractivity contribution >= 4 is 69.0 Å². The molecule has 1 amide bonds. The first-order chi connectivity index (χ1) is 14.1. The van der Waals surface area contributed by atoms with Crippen LogP contribution >= 0.6 is 46.4 Å². The van der Waals surface area contributed by atoms with Gasteiger partial charge in [0.05, 0.1) is 37.9 Å². The van der Waals surface area contributed by atoms with Gasteiger partial charge in [0.15, 0.2) is 0 Å². The van der Waals surface area contributed by atoms with Gasteiger partial charge in [-0.25, -0.2) is 9.97 Å². The molecule has 8 heteroatoms. The Hall–Kier alpha value is -1.59. The highest BCUT2D eigenvalue weighted by Gasteiger charge is 2.67.